The molecule has 4 heteroatoms. The molecule has 0 spiro atoms. The van der Waals surface area contributed by atoms with E-state index in [2.05, 4.69) is 12.2 Å². The maximum atomic E-state index is 12.1. The summed E-state index contributed by atoms with van der Waals surface area (Å²) in [4.78, 5) is 25.5. The van der Waals surface area contributed by atoms with Gasteiger partial charge in [-0.15, -0.1) is 0 Å². The lowest BCUT2D eigenvalue weighted by molar-refractivity contribution is -0.149. The highest BCUT2D eigenvalue weighted by Crippen LogP contribution is 2.19. The van der Waals surface area contributed by atoms with Crippen molar-refractivity contribution in [3.05, 3.63) is 0 Å². The summed E-state index contributed by atoms with van der Waals surface area (Å²) in [7, 11) is 0. The first-order valence-corrected chi connectivity index (χ1v) is 6.59. The highest BCUT2D eigenvalue weighted by molar-refractivity contribution is 5.91. The third-order valence-electron chi connectivity index (χ3n) is 3.40. The van der Waals surface area contributed by atoms with Gasteiger partial charge in [0.2, 0.25) is 11.8 Å². The van der Waals surface area contributed by atoms with Crippen molar-refractivity contribution in [1.29, 1.82) is 0 Å². The van der Waals surface area contributed by atoms with Crippen molar-refractivity contribution in [3.63, 3.8) is 0 Å². The van der Waals surface area contributed by atoms with Crippen LogP contribution in [0.5, 0.6) is 0 Å². The minimum atomic E-state index is -0.694. The van der Waals surface area contributed by atoms with Gasteiger partial charge in [-0.05, 0) is 20.3 Å². The average molecular weight is 240 g/mol. The van der Waals surface area contributed by atoms with Crippen LogP contribution in [0.4, 0.5) is 0 Å². The summed E-state index contributed by atoms with van der Waals surface area (Å²) in [5.74, 6) is 0.0617. The zero-order chi connectivity index (χ0) is 12.9. The lowest BCUT2D eigenvalue weighted by atomic mass is 9.98. The van der Waals surface area contributed by atoms with Gasteiger partial charge >= 0.3 is 0 Å². The van der Waals surface area contributed by atoms with E-state index in [1.165, 1.54) is 12.8 Å². The molecule has 4 nitrogen and oxygen atoms in total. The molecule has 1 N–H and O–H groups in total. The zero-order valence-electron chi connectivity index (χ0n) is 11.2. The van der Waals surface area contributed by atoms with Gasteiger partial charge in [-0.3, -0.25) is 9.59 Å². The number of nitrogens with zero attached hydrogens (tertiary/aromatic N) is 1. The molecular weight excluding hydrogens is 216 g/mol. The van der Waals surface area contributed by atoms with E-state index in [1.54, 1.807) is 4.90 Å². The van der Waals surface area contributed by atoms with Crippen molar-refractivity contribution in [3.8, 4) is 0 Å². The van der Waals surface area contributed by atoms with E-state index >= 15 is 0 Å². The first-order chi connectivity index (χ1) is 8.00. The summed E-state index contributed by atoms with van der Waals surface area (Å²) in [6.07, 6.45) is 4.95. The molecule has 0 unspecified atom stereocenters. The number of hydrogen-bond donors (Lipinski definition) is 1. The van der Waals surface area contributed by atoms with Gasteiger partial charge < -0.3 is 10.2 Å². The quantitative estimate of drug-likeness (QED) is 0.743. The third kappa shape index (κ3) is 3.45. The predicted octanol–water partition coefficient (Wildman–Crippen LogP) is 1.69. The van der Waals surface area contributed by atoms with Crippen LogP contribution in [-0.2, 0) is 9.59 Å². The second-order valence-corrected chi connectivity index (χ2v) is 5.17. The second-order valence-electron chi connectivity index (χ2n) is 5.17. The second kappa shape index (κ2) is 6.03. The van der Waals surface area contributed by atoms with Crippen molar-refractivity contribution in [2.45, 2.75) is 58.4 Å². The van der Waals surface area contributed by atoms with E-state index in [-0.39, 0.29) is 11.8 Å². The van der Waals surface area contributed by atoms with E-state index in [4.69, 9.17) is 0 Å². The molecule has 1 aliphatic rings. The van der Waals surface area contributed by atoms with Crippen LogP contribution < -0.4 is 5.32 Å². The molecule has 0 radical (unpaired) electrons. The van der Waals surface area contributed by atoms with Gasteiger partial charge in [-0.2, -0.15) is 0 Å². The molecule has 17 heavy (non-hydrogen) atoms. The molecule has 1 fully saturated rings. The Hall–Kier alpha value is -1.06. The normalized spacial score (nSPS) is 19.0. The molecule has 1 heterocycles. The van der Waals surface area contributed by atoms with Gasteiger partial charge in [-0.25, -0.2) is 0 Å². The first kappa shape index (κ1) is 14.0. The van der Waals surface area contributed by atoms with E-state index < -0.39 is 5.54 Å². The number of unbranched alkanes of at least 4 members (excludes halogenated alkanes) is 3. The fourth-order valence-corrected chi connectivity index (χ4v) is 2.17. The van der Waals surface area contributed by atoms with Crippen LogP contribution in [0.2, 0.25) is 0 Å². The molecule has 0 aromatic carbocycles. The Bertz CT molecular complexity index is 287. The molecule has 2 amide bonds. The minimum absolute atomic E-state index is 0.0503. The first-order valence-electron chi connectivity index (χ1n) is 6.59. The summed E-state index contributed by atoms with van der Waals surface area (Å²) in [5, 5.41) is 2.80. The number of hydrogen-bond acceptors (Lipinski definition) is 2. The van der Waals surface area contributed by atoms with Gasteiger partial charge in [-0.1, -0.05) is 26.2 Å². The Kier molecular flexibility index (Phi) is 4.97. The fraction of sp³-hybridized carbons (Fsp3) is 0.846. The molecule has 98 valence electrons. The van der Waals surface area contributed by atoms with E-state index in [9.17, 15) is 9.59 Å². The van der Waals surface area contributed by atoms with E-state index in [0.717, 1.165) is 12.8 Å². The van der Waals surface area contributed by atoms with E-state index in [0.29, 0.717) is 19.5 Å². The van der Waals surface area contributed by atoms with Crippen LogP contribution in [0, 0.1) is 0 Å². The molecule has 0 aliphatic carbocycles. The van der Waals surface area contributed by atoms with Gasteiger partial charge in [0.05, 0.1) is 0 Å². The molecular formula is C13H24N2O2. The summed E-state index contributed by atoms with van der Waals surface area (Å²) in [6, 6.07) is 0. The topological polar surface area (TPSA) is 49.4 Å². The van der Waals surface area contributed by atoms with Gasteiger partial charge in [0, 0.05) is 19.5 Å². The minimum Gasteiger partial charge on any atom is -0.352 e. The summed E-state index contributed by atoms with van der Waals surface area (Å²) < 4.78 is 0. The number of rotatable bonds is 5. The number of carbonyl (C=O) groups is 2. The molecule has 0 atom stereocenters. The Morgan fingerprint density at radius 3 is 2.71 bits per heavy atom. The fourth-order valence-electron chi connectivity index (χ4n) is 2.17. The van der Waals surface area contributed by atoms with Gasteiger partial charge in [0.25, 0.3) is 0 Å². The number of carbonyl (C=O) groups excluding carboxylic acids is 2. The molecule has 0 saturated carbocycles. The summed E-state index contributed by atoms with van der Waals surface area (Å²) in [6.45, 7) is 6.98. The smallest absolute Gasteiger partial charge is 0.245 e. The maximum absolute atomic E-state index is 12.1. The largest absolute Gasteiger partial charge is 0.352 e. The van der Waals surface area contributed by atoms with Gasteiger partial charge in [0.15, 0.2) is 0 Å². The van der Waals surface area contributed by atoms with Crippen molar-refractivity contribution in [2.75, 3.05) is 13.1 Å². The maximum Gasteiger partial charge on any atom is 0.245 e. The van der Waals surface area contributed by atoms with E-state index in [1.807, 2.05) is 13.8 Å². The molecule has 0 aromatic heterocycles. The predicted molar refractivity (Wildman–Crippen MR) is 67.6 cm³/mol. The Morgan fingerprint density at radius 2 is 2.06 bits per heavy atom. The Balaban J connectivity index is 2.47. The van der Waals surface area contributed by atoms with Crippen LogP contribution in [0.3, 0.4) is 0 Å². The van der Waals surface area contributed by atoms with Crippen LogP contribution in [0.1, 0.15) is 52.9 Å². The number of nitrogens with one attached hydrogen (secondary N) is 1. The monoisotopic (exact) mass is 240 g/mol. The van der Waals surface area contributed by atoms with Crippen molar-refractivity contribution in [1.82, 2.24) is 10.2 Å². The van der Waals surface area contributed by atoms with Crippen LogP contribution >= 0.6 is 0 Å². The summed E-state index contributed by atoms with van der Waals surface area (Å²) in [5.41, 5.74) is -0.694. The molecule has 1 saturated heterocycles. The average Bonchev–Trinajstić information content (AvgIpc) is 2.28. The van der Waals surface area contributed by atoms with Crippen LogP contribution in [0.15, 0.2) is 0 Å². The Labute approximate surface area is 104 Å². The SMILES string of the molecule is CCCCCCC(=O)N1CCNC(=O)C1(C)C. The van der Waals surface area contributed by atoms with Crippen LogP contribution in [-0.4, -0.2) is 35.3 Å². The highest BCUT2D eigenvalue weighted by Gasteiger charge is 2.39. The molecule has 0 bridgehead atoms. The molecule has 0 aromatic rings. The van der Waals surface area contributed by atoms with Crippen molar-refractivity contribution >= 4 is 11.8 Å². The van der Waals surface area contributed by atoms with Crippen molar-refractivity contribution in [2.24, 2.45) is 0 Å². The van der Waals surface area contributed by atoms with Gasteiger partial charge in [0.1, 0.15) is 5.54 Å². The highest BCUT2D eigenvalue weighted by atomic mass is 16.2. The number of piperazine rings is 1. The molecule has 1 rings (SSSR count). The molecule has 1 aliphatic heterocycles. The van der Waals surface area contributed by atoms with Crippen LogP contribution in [0.25, 0.3) is 0 Å². The number of amides is 2. The van der Waals surface area contributed by atoms with Crippen molar-refractivity contribution < 1.29 is 9.59 Å². The third-order valence-corrected chi connectivity index (χ3v) is 3.40. The Morgan fingerprint density at radius 1 is 1.35 bits per heavy atom. The standard InChI is InChI=1S/C13H24N2O2/c1-4-5-6-7-8-11(16)15-10-9-14-12(17)13(15,2)3/h4-10H2,1-3H3,(H,14,17). The lowest BCUT2D eigenvalue weighted by Crippen LogP contribution is -2.63. The summed E-state index contributed by atoms with van der Waals surface area (Å²) >= 11 is 0. The zero-order valence-corrected chi connectivity index (χ0v) is 11.2. The lowest BCUT2D eigenvalue weighted by Gasteiger charge is -2.41.